The van der Waals surface area contributed by atoms with Crippen LogP contribution in [0.2, 0.25) is 0 Å². The summed E-state index contributed by atoms with van der Waals surface area (Å²) in [6, 6.07) is 8.18. The van der Waals surface area contributed by atoms with Crippen molar-refractivity contribution in [1.82, 2.24) is 25.1 Å². The quantitative estimate of drug-likeness (QED) is 0.502. The zero-order chi connectivity index (χ0) is 16.4. The summed E-state index contributed by atoms with van der Waals surface area (Å²) in [6.45, 7) is 1.88. The summed E-state index contributed by atoms with van der Waals surface area (Å²) in [5.41, 5.74) is 2.47. The predicted octanol–water partition coefficient (Wildman–Crippen LogP) is 2.22. The van der Waals surface area contributed by atoms with Crippen molar-refractivity contribution in [2.24, 2.45) is 5.10 Å². The molecule has 2 heterocycles. The van der Waals surface area contributed by atoms with Crippen molar-refractivity contribution in [2.75, 3.05) is 0 Å². The van der Waals surface area contributed by atoms with Crippen molar-refractivity contribution < 1.29 is 9.90 Å². The molecule has 0 saturated carbocycles. The monoisotopic (exact) mass is 328 g/mol. The third-order valence-corrected chi connectivity index (χ3v) is 3.33. The first-order valence-electron chi connectivity index (χ1n) is 6.62. The highest BCUT2D eigenvalue weighted by Crippen LogP contribution is 2.15. The van der Waals surface area contributed by atoms with Gasteiger partial charge in [-0.05, 0) is 42.9 Å². The van der Waals surface area contributed by atoms with Gasteiger partial charge in [0.1, 0.15) is 5.69 Å². The van der Waals surface area contributed by atoms with Crippen LogP contribution >= 0.6 is 12.2 Å². The molecule has 9 heteroatoms. The Balaban J connectivity index is 1.92. The van der Waals surface area contributed by atoms with Crippen molar-refractivity contribution in [2.45, 2.75) is 6.92 Å². The number of carbonyl (C=O) groups is 1. The second kappa shape index (κ2) is 5.97. The summed E-state index contributed by atoms with van der Waals surface area (Å²) in [7, 11) is 0. The number of nitrogens with one attached hydrogen (secondary N) is 2. The van der Waals surface area contributed by atoms with Gasteiger partial charge in [0.15, 0.2) is 0 Å². The summed E-state index contributed by atoms with van der Waals surface area (Å²) in [6.07, 6.45) is 1.57. The minimum absolute atomic E-state index is 0.217. The smallest absolute Gasteiger partial charge is 0.335 e. The molecule has 0 fully saturated rings. The number of aromatic carboxylic acids is 1. The number of carboxylic acid groups (broad SMARTS) is 1. The van der Waals surface area contributed by atoms with E-state index >= 15 is 0 Å². The second-order valence-corrected chi connectivity index (χ2v) is 5.16. The average molecular weight is 328 g/mol. The SMILES string of the molecule is Cc1cc(-c2n[nH]c(=S)n2/N=C\c2ccc(C(=O)O)cc2)n[nH]1. The van der Waals surface area contributed by atoms with E-state index in [1.54, 1.807) is 18.3 Å². The van der Waals surface area contributed by atoms with Gasteiger partial charge in [-0.3, -0.25) is 5.10 Å². The average Bonchev–Trinajstić information content (AvgIpc) is 3.11. The van der Waals surface area contributed by atoms with Gasteiger partial charge in [-0.2, -0.15) is 20.0 Å². The van der Waals surface area contributed by atoms with E-state index in [1.807, 2.05) is 13.0 Å². The second-order valence-electron chi connectivity index (χ2n) is 4.77. The van der Waals surface area contributed by atoms with E-state index in [4.69, 9.17) is 17.3 Å². The van der Waals surface area contributed by atoms with E-state index < -0.39 is 5.97 Å². The molecule has 0 radical (unpaired) electrons. The predicted molar refractivity (Wildman–Crippen MR) is 86.1 cm³/mol. The topological polar surface area (TPSA) is 112 Å². The van der Waals surface area contributed by atoms with Gasteiger partial charge in [-0.1, -0.05) is 12.1 Å². The van der Waals surface area contributed by atoms with E-state index in [9.17, 15) is 4.79 Å². The van der Waals surface area contributed by atoms with Crippen molar-refractivity contribution >= 4 is 24.4 Å². The number of carboxylic acids is 1. The van der Waals surface area contributed by atoms with Gasteiger partial charge in [0.05, 0.1) is 11.8 Å². The van der Waals surface area contributed by atoms with Crippen LogP contribution in [-0.4, -0.2) is 42.4 Å². The van der Waals surface area contributed by atoms with Gasteiger partial charge < -0.3 is 5.11 Å². The molecule has 23 heavy (non-hydrogen) atoms. The number of benzene rings is 1. The van der Waals surface area contributed by atoms with Crippen LogP contribution in [0.15, 0.2) is 35.4 Å². The molecule has 3 rings (SSSR count). The fourth-order valence-corrected chi connectivity index (χ4v) is 2.11. The number of hydrogen-bond acceptors (Lipinski definition) is 5. The summed E-state index contributed by atoms with van der Waals surface area (Å²) < 4.78 is 1.79. The Kier molecular flexibility index (Phi) is 3.85. The van der Waals surface area contributed by atoms with Crippen molar-refractivity contribution in [3.8, 4) is 11.5 Å². The summed E-state index contributed by atoms with van der Waals surface area (Å²) in [4.78, 5) is 10.8. The van der Waals surface area contributed by atoms with E-state index in [0.29, 0.717) is 16.3 Å². The Labute approximate surface area is 135 Å². The number of aromatic nitrogens is 5. The van der Waals surface area contributed by atoms with Gasteiger partial charge >= 0.3 is 5.97 Å². The highest BCUT2D eigenvalue weighted by molar-refractivity contribution is 7.71. The van der Waals surface area contributed by atoms with Gasteiger partial charge in [0.25, 0.3) is 0 Å². The van der Waals surface area contributed by atoms with E-state index in [-0.39, 0.29) is 5.56 Å². The molecular formula is C14H12N6O2S. The summed E-state index contributed by atoms with van der Waals surface area (Å²) in [5, 5.41) is 26.9. The maximum absolute atomic E-state index is 10.8. The van der Waals surface area contributed by atoms with Crippen LogP contribution in [0.1, 0.15) is 21.6 Å². The van der Waals surface area contributed by atoms with Gasteiger partial charge in [-0.15, -0.1) is 0 Å². The summed E-state index contributed by atoms with van der Waals surface area (Å²) >= 11 is 5.17. The Morgan fingerprint density at radius 3 is 2.65 bits per heavy atom. The number of aromatic amines is 2. The van der Waals surface area contributed by atoms with Crippen LogP contribution in [-0.2, 0) is 0 Å². The van der Waals surface area contributed by atoms with Crippen LogP contribution < -0.4 is 0 Å². The van der Waals surface area contributed by atoms with Gasteiger partial charge in [-0.25, -0.2) is 9.89 Å². The molecule has 0 bridgehead atoms. The molecule has 8 nitrogen and oxygen atoms in total. The Morgan fingerprint density at radius 2 is 2.04 bits per heavy atom. The standard InChI is InChI=1S/C14H12N6O2S/c1-8-6-11(17-16-8)12-18-19-14(23)20(12)15-7-9-2-4-10(5-3-9)13(21)22/h2-7H,1H3,(H,16,17)(H,19,23)(H,21,22)/b15-7-. The van der Waals surface area contributed by atoms with Crippen LogP contribution in [0.25, 0.3) is 11.5 Å². The lowest BCUT2D eigenvalue weighted by atomic mass is 10.1. The summed E-state index contributed by atoms with van der Waals surface area (Å²) in [5.74, 6) is -0.487. The first-order valence-corrected chi connectivity index (χ1v) is 7.03. The molecule has 116 valence electrons. The minimum atomic E-state index is -0.971. The molecule has 0 spiro atoms. The largest absolute Gasteiger partial charge is 0.478 e. The number of hydrogen-bond donors (Lipinski definition) is 3. The molecule has 0 aliphatic rings. The molecule has 0 unspecified atom stereocenters. The lowest BCUT2D eigenvalue weighted by molar-refractivity contribution is 0.0697. The number of nitrogens with zero attached hydrogens (tertiary/aromatic N) is 4. The maximum Gasteiger partial charge on any atom is 0.335 e. The molecule has 0 atom stereocenters. The van der Waals surface area contributed by atoms with Crippen molar-refractivity contribution in [3.63, 3.8) is 0 Å². The third kappa shape index (κ3) is 3.09. The highest BCUT2D eigenvalue weighted by atomic mass is 32.1. The van der Waals surface area contributed by atoms with E-state index in [2.05, 4.69) is 25.5 Å². The van der Waals surface area contributed by atoms with E-state index in [1.165, 1.54) is 16.8 Å². The number of rotatable bonds is 4. The number of H-pyrrole nitrogens is 2. The first kappa shape index (κ1) is 14.9. The molecule has 0 amide bonds. The minimum Gasteiger partial charge on any atom is -0.478 e. The van der Waals surface area contributed by atoms with Gasteiger partial charge in [0, 0.05) is 5.69 Å². The Bertz CT molecular complexity index is 935. The molecule has 2 aromatic heterocycles. The van der Waals surface area contributed by atoms with Crippen LogP contribution in [0.4, 0.5) is 0 Å². The molecule has 0 saturated heterocycles. The maximum atomic E-state index is 10.8. The normalized spacial score (nSPS) is 11.2. The Morgan fingerprint density at radius 1 is 1.30 bits per heavy atom. The fraction of sp³-hybridized carbons (Fsp3) is 0.0714. The number of aryl methyl sites for hydroxylation is 1. The fourth-order valence-electron chi connectivity index (χ4n) is 1.93. The molecule has 0 aliphatic heterocycles. The van der Waals surface area contributed by atoms with Crippen molar-refractivity contribution in [3.05, 3.63) is 51.9 Å². The van der Waals surface area contributed by atoms with E-state index in [0.717, 1.165) is 11.3 Å². The molecule has 3 N–H and O–H groups in total. The zero-order valence-corrected chi connectivity index (χ0v) is 12.8. The van der Waals surface area contributed by atoms with Crippen LogP contribution in [0.3, 0.4) is 0 Å². The lowest BCUT2D eigenvalue weighted by Crippen LogP contribution is -1.97. The molecule has 1 aromatic carbocycles. The lowest BCUT2D eigenvalue weighted by Gasteiger charge is -1.98. The highest BCUT2D eigenvalue weighted by Gasteiger charge is 2.11. The molecular weight excluding hydrogens is 316 g/mol. The Hall–Kier alpha value is -3.07. The molecule has 3 aromatic rings. The molecule has 0 aliphatic carbocycles. The van der Waals surface area contributed by atoms with Crippen LogP contribution in [0.5, 0.6) is 0 Å². The zero-order valence-electron chi connectivity index (χ0n) is 12.0. The van der Waals surface area contributed by atoms with Crippen LogP contribution in [0, 0.1) is 11.7 Å². The van der Waals surface area contributed by atoms with Gasteiger partial charge in [0.2, 0.25) is 10.6 Å². The first-order chi connectivity index (χ1) is 11.0. The third-order valence-electron chi connectivity index (χ3n) is 3.07. The van der Waals surface area contributed by atoms with Crippen molar-refractivity contribution in [1.29, 1.82) is 0 Å².